The number of aromatic nitrogens is 1. The lowest BCUT2D eigenvalue weighted by molar-refractivity contribution is -0.136. The van der Waals surface area contributed by atoms with Crippen LogP contribution in [0.25, 0.3) is 10.9 Å². The van der Waals surface area contributed by atoms with Crippen molar-refractivity contribution in [1.82, 2.24) is 8.69 Å². The number of halogens is 3. The van der Waals surface area contributed by atoms with Crippen LogP contribution in [-0.4, -0.2) is 20.0 Å². The molecule has 0 radical (unpaired) electrons. The smallest absolute Gasteiger partial charge is 0.300 e. The molecule has 1 fully saturated rings. The van der Waals surface area contributed by atoms with E-state index in [0.717, 1.165) is 18.0 Å². The number of hydrogen-bond acceptors (Lipinski definition) is 4. The molecule has 1 saturated carbocycles. The summed E-state index contributed by atoms with van der Waals surface area (Å²) in [6, 6.07) is 12.6. The van der Waals surface area contributed by atoms with E-state index in [2.05, 4.69) is 4.72 Å². The number of rotatable bonds is 5. The van der Waals surface area contributed by atoms with E-state index >= 15 is 0 Å². The van der Waals surface area contributed by atoms with Crippen LogP contribution in [0.4, 0.5) is 13.2 Å². The summed E-state index contributed by atoms with van der Waals surface area (Å²) in [5.74, 6) is 0.215. The predicted molar refractivity (Wildman–Crippen MR) is 111 cm³/mol. The van der Waals surface area contributed by atoms with E-state index in [1.807, 2.05) is 0 Å². The van der Waals surface area contributed by atoms with E-state index in [1.165, 1.54) is 16.2 Å². The van der Waals surface area contributed by atoms with Crippen molar-refractivity contribution in [2.24, 2.45) is 0 Å². The summed E-state index contributed by atoms with van der Waals surface area (Å²) in [4.78, 5) is 12.3. The first-order chi connectivity index (χ1) is 14.3. The van der Waals surface area contributed by atoms with Crippen LogP contribution in [0.5, 0.6) is 0 Å². The van der Waals surface area contributed by atoms with Gasteiger partial charge in [0.15, 0.2) is 11.0 Å². The molecular formula is C21H19F3N2O2S2. The molecule has 1 aliphatic carbocycles. The van der Waals surface area contributed by atoms with Gasteiger partial charge in [-0.3, -0.25) is 13.5 Å². The number of benzene rings is 2. The standard InChI is InChI=1S/C21H19F3N2O2S2/c22-21(23,24)17-7-4-8-18-20(17)19(29-25-14-9-11-15(27)12-10-14)13-26(18)30(28)16-5-2-1-3-6-16/h1-8,13-14,25H,9-12H2. The molecule has 0 bridgehead atoms. The van der Waals surface area contributed by atoms with E-state index in [0.29, 0.717) is 35.5 Å². The van der Waals surface area contributed by atoms with Gasteiger partial charge in [-0.15, -0.1) is 0 Å². The monoisotopic (exact) mass is 452 g/mol. The second kappa shape index (κ2) is 8.56. The Labute approximate surface area is 178 Å². The fourth-order valence-corrected chi connectivity index (χ4v) is 5.75. The van der Waals surface area contributed by atoms with E-state index in [-0.39, 0.29) is 22.7 Å². The van der Waals surface area contributed by atoms with Crippen molar-refractivity contribution in [3.05, 3.63) is 60.3 Å². The first kappa shape index (κ1) is 21.1. The van der Waals surface area contributed by atoms with E-state index in [4.69, 9.17) is 0 Å². The number of carbonyl (C=O) groups excluding carboxylic acids is 1. The zero-order valence-corrected chi connectivity index (χ0v) is 17.4. The maximum absolute atomic E-state index is 13.7. The largest absolute Gasteiger partial charge is 0.417 e. The summed E-state index contributed by atoms with van der Waals surface area (Å²) in [5, 5.41) is 0.0265. The third-order valence-corrected chi connectivity index (χ3v) is 7.38. The van der Waals surface area contributed by atoms with Crippen LogP contribution in [-0.2, 0) is 22.0 Å². The highest BCUT2D eigenvalue weighted by Crippen LogP contribution is 2.40. The molecule has 1 aromatic heterocycles. The Kier molecular flexibility index (Phi) is 6.04. The van der Waals surface area contributed by atoms with E-state index < -0.39 is 22.7 Å². The van der Waals surface area contributed by atoms with Crippen molar-refractivity contribution in [2.75, 3.05) is 0 Å². The van der Waals surface area contributed by atoms with Gasteiger partial charge >= 0.3 is 6.18 Å². The normalized spacial score (nSPS) is 16.8. The van der Waals surface area contributed by atoms with Gasteiger partial charge in [-0.1, -0.05) is 24.3 Å². The lowest BCUT2D eigenvalue weighted by atomic mass is 9.95. The molecule has 1 aliphatic rings. The molecule has 1 heterocycles. The average molecular weight is 453 g/mol. The van der Waals surface area contributed by atoms with Gasteiger partial charge in [0, 0.05) is 30.5 Å². The molecule has 1 unspecified atom stereocenters. The molecule has 0 aliphatic heterocycles. The summed E-state index contributed by atoms with van der Waals surface area (Å²) in [5.41, 5.74) is -0.498. The van der Waals surface area contributed by atoms with Gasteiger partial charge in [0.1, 0.15) is 5.78 Å². The molecule has 1 N–H and O–H groups in total. The third kappa shape index (κ3) is 4.33. The topological polar surface area (TPSA) is 51.1 Å². The van der Waals surface area contributed by atoms with Crippen LogP contribution in [0.15, 0.2) is 64.5 Å². The first-order valence-electron chi connectivity index (χ1n) is 9.47. The first-order valence-corrected chi connectivity index (χ1v) is 11.4. The van der Waals surface area contributed by atoms with Gasteiger partial charge < -0.3 is 0 Å². The average Bonchev–Trinajstić information content (AvgIpc) is 3.11. The Bertz CT molecular complexity index is 1090. The highest BCUT2D eigenvalue weighted by molar-refractivity contribution is 7.97. The van der Waals surface area contributed by atoms with Crippen LogP contribution < -0.4 is 4.72 Å². The molecule has 2 aromatic carbocycles. The Morgan fingerprint density at radius 3 is 2.40 bits per heavy atom. The van der Waals surface area contributed by atoms with Crippen LogP contribution in [0.3, 0.4) is 0 Å². The number of carbonyl (C=O) groups is 1. The number of Topliss-reactive ketones (excluding diaryl/α,β-unsaturated/α-hetero) is 1. The number of nitrogens with one attached hydrogen (secondary N) is 1. The van der Waals surface area contributed by atoms with E-state index in [1.54, 1.807) is 36.4 Å². The summed E-state index contributed by atoms with van der Waals surface area (Å²) < 4.78 is 58.8. The van der Waals surface area contributed by atoms with Crippen molar-refractivity contribution in [2.45, 2.75) is 47.7 Å². The number of alkyl halides is 3. The lowest BCUT2D eigenvalue weighted by Gasteiger charge is -2.21. The predicted octanol–water partition coefficient (Wildman–Crippen LogP) is 5.34. The van der Waals surface area contributed by atoms with Gasteiger partial charge in [0.2, 0.25) is 0 Å². The fourth-order valence-electron chi connectivity index (χ4n) is 3.53. The Balaban J connectivity index is 1.74. The molecule has 0 amide bonds. The van der Waals surface area contributed by atoms with Crippen molar-refractivity contribution >= 4 is 39.6 Å². The maximum atomic E-state index is 13.7. The Morgan fingerprint density at radius 1 is 1.03 bits per heavy atom. The van der Waals surface area contributed by atoms with Gasteiger partial charge in [-0.25, -0.2) is 4.21 Å². The molecule has 158 valence electrons. The van der Waals surface area contributed by atoms with Crippen molar-refractivity contribution in [1.29, 1.82) is 0 Å². The lowest BCUT2D eigenvalue weighted by Crippen LogP contribution is -2.28. The minimum Gasteiger partial charge on any atom is -0.300 e. The maximum Gasteiger partial charge on any atom is 0.417 e. The van der Waals surface area contributed by atoms with Crippen molar-refractivity contribution in [3.8, 4) is 0 Å². The number of nitrogens with zero attached hydrogens (tertiary/aromatic N) is 1. The quantitative estimate of drug-likeness (QED) is 0.531. The summed E-state index contributed by atoms with van der Waals surface area (Å²) in [7, 11) is -1.69. The summed E-state index contributed by atoms with van der Waals surface area (Å²) in [6.07, 6.45) is -0.752. The molecule has 3 aromatic rings. The van der Waals surface area contributed by atoms with Gasteiger partial charge in [0.05, 0.1) is 20.9 Å². The highest BCUT2D eigenvalue weighted by Gasteiger charge is 2.35. The molecule has 9 heteroatoms. The van der Waals surface area contributed by atoms with Gasteiger partial charge in [-0.05, 0) is 49.1 Å². The zero-order chi connectivity index (χ0) is 21.3. The number of ketones is 1. The minimum atomic E-state index is -4.54. The Hall–Kier alpha value is -2.10. The molecule has 30 heavy (non-hydrogen) atoms. The molecule has 0 spiro atoms. The Morgan fingerprint density at radius 2 is 1.73 bits per heavy atom. The van der Waals surface area contributed by atoms with E-state index in [9.17, 15) is 22.2 Å². The highest BCUT2D eigenvalue weighted by atomic mass is 32.2. The minimum absolute atomic E-state index is 0.0265. The number of hydrogen-bond donors (Lipinski definition) is 1. The van der Waals surface area contributed by atoms with Crippen molar-refractivity contribution < 1.29 is 22.2 Å². The van der Waals surface area contributed by atoms with Crippen LogP contribution in [0.2, 0.25) is 0 Å². The second-order valence-corrected chi connectivity index (χ2v) is 9.35. The fraction of sp³-hybridized carbons (Fsp3) is 0.286. The van der Waals surface area contributed by atoms with Crippen LogP contribution in [0, 0.1) is 0 Å². The van der Waals surface area contributed by atoms with Gasteiger partial charge in [0.25, 0.3) is 0 Å². The third-order valence-electron chi connectivity index (χ3n) is 5.07. The summed E-state index contributed by atoms with van der Waals surface area (Å²) in [6.45, 7) is 0. The SMILES string of the molecule is O=C1CCC(NSc2cn(S(=O)c3ccccc3)c3cccc(C(F)(F)F)c23)CC1. The molecule has 4 nitrogen and oxygen atoms in total. The van der Waals surface area contributed by atoms with Gasteiger partial charge in [-0.2, -0.15) is 13.2 Å². The second-order valence-electron chi connectivity index (χ2n) is 7.11. The molecule has 1 atom stereocenters. The zero-order valence-electron chi connectivity index (χ0n) is 15.8. The molecular weight excluding hydrogens is 433 g/mol. The summed E-state index contributed by atoms with van der Waals surface area (Å²) >= 11 is 1.10. The van der Waals surface area contributed by atoms with Crippen molar-refractivity contribution in [3.63, 3.8) is 0 Å². The molecule has 4 rings (SSSR count). The van der Waals surface area contributed by atoms with Crippen LogP contribution >= 0.6 is 11.9 Å². The van der Waals surface area contributed by atoms with Crippen LogP contribution in [0.1, 0.15) is 31.2 Å². The number of fused-ring (bicyclic) bond motifs is 1. The molecule has 0 saturated heterocycles.